The third-order valence-electron chi connectivity index (χ3n) is 3.86. The average molecular weight is 235 g/mol. The van der Waals surface area contributed by atoms with Gasteiger partial charge in [-0.1, -0.05) is 0 Å². The number of aromatic amines is 1. The molecule has 5 heteroatoms. The molecule has 0 aliphatic heterocycles. The highest BCUT2D eigenvalue weighted by Crippen LogP contribution is 2.34. The van der Waals surface area contributed by atoms with E-state index in [2.05, 4.69) is 39.7 Å². The molecule has 0 bridgehead atoms. The van der Waals surface area contributed by atoms with Crippen LogP contribution in [0.15, 0.2) is 0 Å². The second-order valence-electron chi connectivity index (χ2n) is 5.55. The number of H-pyrrole nitrogens is 1. The van der Waals surface area contributed by atoms with Gasteiger partial charge < -0.3 is 10.6 Å². The first kappa shape index (κ1) is 10.9. The molecule has 1 heterocycles. The normalized spacial score (nSPS) is 23.2. The average Bonchev–Trinajstić information content (AvgIpc) is 3.17. The Kier molecular flexibility index (Phi) is 2.68. The first-order valence-electron chi connectivity index (χ1n) is 6.68. The van der Waals surface area contributed by atoms with E-state index >= 15 is 0 Å². The van der Waals surface area contributed by atoms with Crippen molar-refractivity contribution in [2.75, 3.05) is 10.6 Å². The topological polar surface area (TPSA) is 65.6 Å². The predicted molar refractivity (Wildman–Crippen MR) is 68.0 cm³/mol. The zero-order chi connectivity index (χ0) is 11.8. The van der Waals surface area contributed by atoms with Crippen LogP contribution in [0.25, 0.3) is 0 Å². The summed E-state index contributed by atoms with van der Waals surface area (Å²) >= 11 is 0. The van der Waals surface area contributed by atoms with E-state index in [4.69, 9.17) is 0 Å². The Hall–Kier alpha value is -1.26. The van der Waals surface area contributed by atoms with Gasteiger partial charge in [0, 0.05) is 12.1 Å². The molecule has 3 rings (SSSR count). The van der Waals surface area contributed by atoms with Gasteiger partial charge in [-0.25, -0.2) is 5.10 Å². The van der Waals surface area contributed by atoms with Crippen molar-refractivity contribution in [3.63, 3.8) is 0 Å². The second-order valence-corrected chi connectivity index (χ2v) is 5.55. The lowest BCUT2D eigenvalue weighted by molar-refractivity contribution is 0.685. The smallest absolute Gasteiger partial charge is 0.243 e. The van der Waals surface area contributed by atoms with Crippen LogP contribution in [-0.4, -0.2) is 27.3 Å². The molecule has 2 fully saturated rings. The molecule has 3 N–H and O–H groups in total. The van der Waals surface area contributed by atoms with Gasteiger partial charge in [-0.15, -0.1) is 5.10 Å². The summed E-state index contributed by atoms with van der Waals surface area (Å²) in [5, 5.41) is 13.9. The van der Waals surface area contributed by atoms with Gasteiger partial charge in [0.2, 0.25) is 11.9 Å². The highest BCUT2D eigenvalue weighted by molar-refractivity contribution is 5.35. The fraction of sp³-hybridized carbons (Fsp3) is 0.833. The van der Waals surface area contributed by atoms with Gasteiger partial charge in [0.1, 0.15) is 0 Å². The zero-order valence-electron chi connectivity index (χ0n) is 10.5. The van der Waals surface area contributed by atoms with E-state index in [1.807, 2.05) is 0 Å². The molecule has 5 nitrogen and oxygen atoms in total. The minimum Gasteiger partial charge on any atom is -0.352 e. The Morgan fingerprint density at radius 2 is 1.65 bits per heavy atom. The van der Waals surface area contributed by atoms with Gasteiger partial charge in [0.15, 0.2) is 0 Å². The second kappa shape index (κ2) is 4.20. The minimum atomic E-state index is 0.486. The van der Waals surface area contributed by atoms with Crippen molar-refractivity contribution in [1.82, 2.24) is 15.2 Å². The number of aromatic nitrogens is 3. The van der Waals surface area contributed by atoms with E-state index in [1.165, 1.54) is 25.7 Å². The lowest BCUT2D eigenvalue weighted by Gasteiger charge is -2.11. The van der Waals surface area contributed by atoms with Gasteiger partial charge in [-0.3, -0.25) is 0 Å². The summed E-state index contributed by atoms with van der Waals surface area (Å²) in [5.41, 5.74) is 0. The van der Waals surface area contributed by atoms with Crippen LogP contribution in [0.4, 0.5) is 11.9 Å². The van der Waals surface area contributed by atoms with Gasteiger partial charge >= 0.3 is 0 Å². The van der Waals surface area contributed by atoms with Gasteiger partial charge in [-0.05, 0) is 51.4 Å². The molecule has 0 amide bonds. The maximum Gasteiger partial charge on any atom is 0.243 e. The number of hydrogen-bond acceptors (Lipinski definition) is 4. The Morgan fingerprint density at radius 3 is 2.24 bits per heavy atom. The lowest BCUT2D eigenvalue weighted by Crippen LogP contribution is -2.19. The predicted octanol–water partition coefficient (Wildman–Crippen LogP) is 2.23. The van der Waals surface area contributed by atoms with E-state index in [0.717, 1.165) is 23.7 Å². The van der Waals surface area contributed by atoms with Gasteiger partial charge in [-0.2, -0.15) is 4.98 Å². The molecule has 2 atom stereocenters. The van der Waals surface area contributed by atoms with E-state index in [-0.39, 0.29) is 0 Å². The van der Waals surface area contributed by atoms with Gasteiger partial charge in [0.05, 0.1) is 0 Å². The van der Waals surface area contributed by atoms with E-state index in [1.54, 1.807) is 0 Å². The van der Waals surface area contributed by atoms with Crippen LogP contribution in [0.3, 0.4) is 0 Å². The third kappa shape index (κ3) is 2.70. The van der Waals surface area contributed by atoms with Gasteiger partial charge in [0.25, 0.3) is 0 Å². The largest absolute Gasteiger partial charge is 0.352 e. The van der Waals surface area contributed by atoms with Crippen molar-refractivity contribution >= 4 is 11.9 Å². The monoisotopic (exact) mass is 235 g/mol. The highest BCUT2D eigenvalue weighted by atomic mass is 15.3. The molecule has 1 aromatic heterocycles. The fourth-order valence-electron chi connectivity index (χ4n) is 2.24. The summed E-state index contributed by atoms with van der Waals surface area (Å²) in [4.78, 5) is 4.42. The molecule has 0 saturated heterocycles. The number of anilines is 2. The molecule has 2 saturated carbocycles. The molecular weight excluding hydrogens is 214 g/mol. The number of nitrogens with one attached hydrogen (secondary N) is 3. The number of rotatable bonds is 6. The summed E-state index contributed by atoms with van der Waals surface area (Å²) in [7, 11) is 0. The molecule has 94 valence electrons. The maximum absolute atomic E-state index is 4.42. The van der Waals surface area contributed by atoms with Crippen LogP contribution in [-0.2, 0) is 0 Å². The van der Waals surface area contributed by atoms with Crippen LogP contribution in [0.2, 0.25) is 0 Å². The van der Waals surface area contributed by atoms with Crippen LogP contribution in [0, 0.1) is 11.8 Å². The third-order valence-corrected chi connectivity index (χ3v) is 3.86. The molecule has 2 aliphatic rings. The van der Waals surface area contributed by atoms with Crippen molar-refractivity contribution in [3.8, 4) is 0 Å². The fourth-order valence-corrected chi connectivity index (χ4v) is 2.24. The van der Waals surface area contributed by atoms with Crippen LogP contribution >= 0.6 is 0 Å². The van der Waals surface area contributed by atoms with Crippen LogP contribution in [0.5, 0.6) is 0 Å². The zero-order valence-corrected chi connectivity index (χ0v) is 10.5. The summed E-state index contributed by atoms with van der Waals surface area (Å²) in [6.45, 7) is 4.41. The molecule has 0 aromatic carbocycles. The Bertz CT molecular complexity index is 346. The van der Waals surface area contributed by atoms with Crippen molar-refractivity contribution in [3.05, 3.63) is 0 Å². The Labute approximate surface area is 102 Å². The molecule has 0 radical (unpaired) electrons. The highest BCUT2D eigenvalue weighted by Gasteiger charge is 2.29. The first-order valence-corrected chi connectivity index (χ1v) is 6.68. The quantitative estimate of drug-likeness (QED) is 0.707. The Balaban J connectivity index is 1.53. The van der Waals surface area contributed by atoms with Crippen molar-refractivity contribution in [1.29, 1.82) is 0 Å². The summed E-state index contributed by atoms with van der Waals surface area (Å²) in [6, 6.07) is 0.983. The van der Waals surface area contributed by atoms with Crippen molar-refractivity contribution < 1.29 is 0 Å². The van der Waals surface area contributed by atoms with E-state index in [0.29, 0.717) is 12.1 Å². The van der Waals surface area contributed by atoms with Crippen LogP contribution in [0.1, 0.15) is 39.5 Å². The lowest BCUT2D eigenvalue weighted by atomic mass is 10.2. The molecule has 2 aliphatic carbocycles. The Morgan fingerprint density at radius 1 is 1.06 bits per heavy atom. The number of nitrogens with zero attached hydrogens (tertiary/aromatic N) is 2. The number of hydrogen-bond donors (Lipinski definition) is 3. The molecule has 1 aromatic rings. The maximum atomic E-state index is 4.42. The SMILES string of the molecule is C[C@@H](Nc1n[nH]c(N[C@H](C)C2CC2)n1)C1CC1. The molecule has 17 heavy (non-hydrogen) atoms. The molecule has 0 spiro atoms. The van der Waals surface area contributed by atoms with Crippen molar-refractivity contribution in [2.24, 2.45) is 11.8 Å². The van der Waals surface area contributed by atoms with E-state index < -0.39 is 0 Å². The molecular formula is C12H21N5. The minimum absolute atomic E-state index is 0.486. The van der Waals surface area contributed by atoms with Crippen molar-refractivity contribution in [2.45, 2.75) is 51.6 Å². The van der Waals surface area contributed by atoms with E-state index in [9.17, 15) is 0 Å². The molecule has 0 unspecified atom stereocenters. The van der Waals surface area contributed by atoms with Crippen LogP contribution < -0.4 is 10.6 Å². The summed E-state index contributed by atoms with van der Waals surface area (Å²) in [6.07, 6.45) is 5.35. The first-order chi connectivity index (χ1) is 8.22. The standard InChI is InChI=1S/C12H21N5/c1-7(9-3-4-9)13-11-15-12(17-16-11)14-8(2)10-5-6-10/h7-10H,3-6H2,1-2H3,(H3,13,14,15,16,17)/t7-,8-/m1/s1. The summed E-state index contributed by atoms with van der Waals surface area (Å²) < 4.78 is 0. The summed E-state index contributed by atoms with van der Waals surface area (Å²) in [5.74, 6) is 3.14.